The molecular weight excluding hydrogens is 326 g/mol. The molecule has 2 N–H and O–H groups in total. The van der Waals surface area contributed by atoms with Crippen molar-refractivity contribution in [2.75, 3.05) is 26.2 Å². The van der Waals surface area contributed by atoms with E-state index >= 15 is 0 Å². The van der Waals surface area contributed by atoms with Crippen molar-refractivity contribution in [2.24, 2.45) is 4.99 Å². The summed E-state index contributed by atoms with van der Waals surface area (Å²) < 4.78 is 5.15. The molecule has 0 spiro atoms. The predicted molar refractivity (Wildman–Crippen MR) is 92.9 cm³/mol. The van der Waals surface area contributed by atoms with Gasteiger partial charge in [0.2, 0.25) is 5.91 Å². The minimum Gasteiger partial charge on any atom is -0.481 e. The van der Waals surface area contributed by atoms with Gasteiger partial charge in [0.25, 0.3) is 11.8 Å². The molecule has 0 aliphatic carbocycles. The lowest BCUT2D eigenvalue weighted by molar-refractivity contribution is -0.136. The standard InChI is InChI=1S/C17H27N3O5/c1-3-25-13(2)18-11-14(21)12-19-15(22)7-5-4-6-10-20-16(23)8-9-17(20)24/h8-9,14,21H,3-7,10-12H2,1-2H3,(H,19,22)/b18-13+. The van der Waals surface area contributed by atoms with Gasteiger partial charge in [-0.25, -0.2) is 0 Å². The Morgan fingerprint density at radius 1 is 1.28 bits per heavy atom. The molecule has 1 aliphatic rings. The highest BCUT2D eigenvalue weighted by molar-refractivity contribution is 6.12. The van der Waals surface area contributed by atoms with Gasteiger partial charge in [-0.2, -0.15) is 0 Å². The molecule has 1 heterocycles. The fourth-order valence-electron chi connectivity index (χ4n) is 2.26. The number of nitrogens with zero attached hydrogens (tertiary/aromatic N) is 2. The van der Waals surface area contributed by atoms with Crippen LogP contribution in [0.5, 0.6) is 0 Å². The first-order chi connectivity index (χ1) is 11.9. The number of aliphatic hydroxyl groups is 1. The number of carbonyl (C=O) groups excluding carboxylic acids is 3. The average Bonchev–Trinajstić information content (AvgIpc) is 2.89. The molecule has 0 aromatic carbocycles. The van der Waals surface area contributed by atoms with Gasteiger partial charge in [0.15, 0.2) is 5.90 Å². The van der Waals surface area contributed by atoms with Crippen LogP contribution in [0.25, 0.3) is 0 Å². The highest BCUT2D eigenvalue weighted by atomic mass is 16.5. The minimum absolute atomic E-state index is 0.139. The number of aliphatic imine (C=N–C) groups is 1. The van der Waals surface area contributed by atoms with E-state index < -0.39 is 6.10 Å². The van der Waals surface area contributed by atoms with Crippen LogP contribution in [0.1, 0.15) is 39.5 Å². The van der Waals surface area contributed by atoms with Crippen LogP contribution < -0.4 is 5.32 Å². The molecule has 0 radical (unpaired) electrons. The van der Waals surface area contributed by atoms with Crippen LogP contribution in [0.2, 0.25) is 0 Å². The largest absolute Gasteiger partial charge is 0.481 e. The molecule has 1 atom stereocenters. The molecule has 8 nitrogen and oxygen atoms in total. The molecule has 0 aromatic rings. The molecule has 1 unspecified atom stereocenters. The minimum atomic E-state index is -0.751. The van der Waals surface area contributed by atoms with E-state index in [2.05, 4.69) is 10.3 Å². The summed E-state index contributed by atoms with van der Waals surface area (Å²) in [6.07, 6.45) is 4.19. The predicted octanol–water partition coefficient (Wildman–Crippen LogP) is 0.404. The zero-order valence-electron chi connectivity index (χ0n) is 14.9. The lowest BCUT2D eigenvalue weighted by Crippen LogP contribution is -2.33. The Morgan fingerprint density at radius 3 is 2.60 bits per heavy atom. The molecule has 25 heavy (non-hydrogen) atoms. The quantitative estimate of drug-likeness (QED) is 0.242. The summed E-state index contributed by atoms with van der Waals surface area (Å²) in [7, 11) is 0. The molecule has 0 bridgehead atoms. The van der Waals surface area contributed by atoms with Gasteiger partial charge in [-0.3, -0.25) is 24.3 Å². The Hall–Kier alpha value is -2.22. The SMILES string of the molecule is CCO/C(C)=N/CC(O)CNC(=O)CCCCCN1C(=O)C=CC1=O. The van der Waals surface area contributed by atoms with Gasteiger partial charge in [-0.15, -0.1) is 0 Å². The third-order valence-corrected chi connectivity index (χ3v) is 3.60. The van der Waals surface area contributed by atoms with Gasteiger partial charge in [-0.1, -0.05) is 6.42 Å². The maximum Gasteiger partial charge on any atom is 0.253 e. The number of unbranched alkanes of at least 4 members (excludes halogenated alkanes) is 2. The molecule has 140 valence electrons. The number of carbonyl (C=O) groups is 3. The summed E-state index contributed by atoms with van der Waals surface area (Å²) in [4.78, 5) is 39.7. The Labute approximate surface area is 147 Å². The Balaban J connectivity index is 2.06. The molecule has 0 aromatic heterocycles. The van der Waals surface area contributed by atoms with Gasteiger partial charge in [0, 0.05) is 38.6 Å². The number of ether oxygens (including phenoxy) is 1. The van der Waals surface area contributed by atoms with Crippen molar-refractivity contribution in [2.45, 2.75) is 45.6 Å². The molecular formula is C17H27N3O5. The molecule has 8 heteroatoms. The van der Waals surface area contributed by atoms with E-state index in [1.54, 1.807) is 6.92 Å². The highest BCUT2D eigenvalue weighted by Crippen LogP contribution is 2.07. The third kappa shape index (κ3) is 8.44. The normalized spacial score (nSPS) is 15.6. The van der Waals surface area contributed by atoms with Gasteiger partial charge < -0.3 is 15.2 Å². The Morgan fingerprint density at radius 2 is 1.96 bits per heavy atom. The summed E-state index contributed by atoms with van der Waals surface area (Å²) >= 11 is 0. The maximum atomic E-state index is 11.7. The average molecular weight is 353 g/mol. The van der Waals surface area contributed by atoms with Crippen molar-refractivity contribution >= 4 is 23.6 Å². The van der Waals surface area contributed by atoms with Crippen molar-refractivity contribution in [1.82, 2.24) is 10.2 Å². The molecule has 3 amide bonds. The third-order valence-electron chi connectivity index (χ3n) is 3.60. The zero-order chi connectivity index (χ0) is 18.7. The summed E-state index contributed by atoms with van der Waals surface area (Å²) in [5.74, 6) is -0.185. The van der Waals surface area contributed by atoms with Crippen molar-refractivity contribution in [1.29, 1.82) is 0 Å². The number of nitrogens with one attached hydrogen (secondary N) is 1. The fourth-order valence-corrected chi connectivity index (χ4v) is 2.26. The number of hydrogen-bond acceptors (Lipinski definition) is 6. The van der Waals surface area contributed by atoms with Crippen molar-refractivity contribution in [3.05, 3.63) is 12.2 Å². The smallest absolute Gasteiger partial charge is 0.253 e. The number of amides is 3. The molecule has 0 saturated heterocycles. The number of hydrogen-bond donors (Lipinski definition) is 2. The van der Waals surface area contributed by atoms with Gasteiger partial charge in [0.1, 0.15) is 0 Å². The number of aliphatic hydroxyl groups excluding tert-OH is 1. The van der Waals surface area contributed by atoms with Crippen LogP contribution in [0.4, 0.5) is 0 Å². The molecule has 0 saturated carbocycles. The first-order valence-electron chi connectivity index (χ1n) is 8.56. The molecule has 1 aliphatic heterocycles. The van der Waals surface area contributed by atoms with Crippen LogP contribution in [-0.2, 0) is 19.1 Å². The van der Waals surface area contributed by atoms with Crippen molar-refractivity contribution in [3.8, 4) is 0 Å². The van der Waals surface area contributed by atoms with Crippen molar-refractivity contribution < 1.29 is 24.2 Å². The fraction of sp³-hybridized carbons (Fsp3) is 0.647. The molecule has 0 fully saturated rings. The van der Waals surface area contributed by atoms with E-state index in [-0.39, 0.29) is 30.8 Å². The van der Waals surface area contributed by atoms with Crippen LogP contribution >= 0.6 is 0 Å². The first kappa shape index (κ1) is 20.8. The van der Waals surface area contributed by atoms with Crippen LogP contribution in [0.15, 0.2) is 17.1 Å². The maximum absolute atomic E-state index is 11.7. The lowest BCUT2D eigenvalue weighted by atomic mass is 10.2. The molecule has 1 rings (SSSR count). The van der Waals surface area contributed by atoms with E-state index in [1.807, 2.05) is 6.92 Å². The second kappa shape index (κ2) is 11.4. The topological polar surface area (TPSA) is 108 Å². The second-order valence-electron chi connectivity index (χ2n) is 5.72. The number of imide groups is 1. The van der Waals surface area contributed by atoms with Gasteiger partial charge >= 0.3 is 0 Å². The van der Waals surface area contributed by atoms with E-state index in [0.717, 1.165) is 6.42 Å². The summed E-state index contributed by atoms with van der Waals surface area (Å²) in [5, 5.41) is 12.4. The Bertz CT molecular complexity index is 512. The van der Waals surface area contributed by atoms with Crippen LogP contribution in [-0.4, -0.2) is 66.0 Å². The van der Waals surface area contributed by atoms with E-state index in [0.29, 0.717) is 38.3 Å². The summed E-state index contributed by atoms with van der Waals surface area (Å²) in [6, 6.07) is 0. The number of rotatable bonds is 11. The monoisotopic (exact) mass is 353 g/mol. The van der Waals surface area contributed by atoms with Gasteiger partial charge in [0.05, 0.1) is 19.3 Å². The van der Waals surface area contributed by atoms with Crippen LogP contribution in [0.3, 0.4) is 0 Å². The van der Waals surface area contributed by atoms with Crippen LogP contribution in [0, 0.1) is 0 Å². The lowest BCUT2D eigenvalue weighted by Gasteiger charge is -2.13. The van der Waals surface area contributed by atoms with E-state index in [4.69, 9.17) is 4.74 Å². The van der Waals surface area contributed by atoms with E-state index in [1.165, 1.54) is 17.1 Å². The Kier molecular flexibility index (Phi) is 9.46. The van der Waals surface area contributed by atoms with Gasteiger partial charge in [-0.05, 0) is 19.8 Å². The summed E-state index contributed by atoms with van der Waals surface area (Å²) in [6.45, 7) is 4.80. The second-order valence-corrected chi connectivity index (χ2v) is 5.72. The van der Waals surface area contributed by atoms with Crippen molar-refractivity contribution in [3.63, 3.8) is 0 Å². The summed E-state index contributed by atoms with van der Waals surface area (Å²) in [5.41, 5.74) is 0. The van der Waals surface area contributed by atoms with E-state index in [9.17, 15) is 19.5 Å². The highest BCUT2D eigenvalue weighted by Gasteiger charge is 2.22. The zero-order valence-corrected chi connectivity index (χ0v) is 14.9. The first-order valence-corrected chi connectivity index (χ1v) is 8.56.